The van der Waals surface area contributed by atoms with Gasteiger partial charge in [-0.25, -0.2) is 22.5 Å². The standard InChI is InChI=1S/C18H18F4N6O3/c1-8(4-12(15(21)22)31-18(24)25)10-5-9(2-3-11(10)20)27-17(29)14-16(23)28-13(6-26-14)30-7-19/h2-6,8,15H,7H2,1H3,(H2,23,28)(H3,24,25)(H,27,29)/b12-4-/t8-/m1/s1. The van der Waals surface area contributed by atoms with Gasteiger partial charge in [-0.2, -0.15) is 4.98 Å². The number of anilines is 2. The zero-order valence-electron chi connectivity index (χ0n) is 16.0. The smallest absolute Gasteiger partial charge is 0.295 e. The first-order valence-electron chi connectivity index (χ1n) is 8.56. The zero-order valence-corrected chi connectivity index (χ0v) is 16.0. The van der Waals surface area contributed by atoms with Crippen LogP contribution in [-0.2, 0) is 4.74 Å². The Morgan fingerprint density at radius 1 is 1.39 bits per heavy atom. The van der Waals surface area contributed by atoms with Gasteiger partial charge in [0.2, 0.25) is 12.7 Å². The molecule has 0 saturated carbocycles. The van der Waals surface area contributed by atoms with Gasteiger partial charge in [-0.1, -0.05) is 6.92 Å². The van der Waals surface area contributed by atoms with E-state index in [2.05, 4.69) is 24.8 Å². The van der Waals surface area contributed by atoms with Crippen molar-refractivity contribution in [2.75, 3.05) is 17.9 Å². The van der Waals surface area contributed by atoms with Gasteiger partial charge in [-0.05, 0) is 29.8 Å². The molecule has 1 aromatic heterocycles. The van der Waals surface area contributed by atoms with Crippen LogP contribution >= 0.6 is 0 Å². The van der Waals surface area contributed by atoms with Crippen LogP contribution in [0.3, 0.4) is 0 Å². The molecule has 9 nitrogen and oxygen atoms in total. The molecule has 2 rings (SSSR count). The first-order chi connectivity index (χ1) is 14.6. The number of hydrogen-bond donors (Lipinski definition) is 4. The van der Waals surface area contributed by atoms with Crippen LogP contribution in [0.2, 0.25) is 0 Å². The SMILES string of the molecule is C[C@H](/C=C(\OC(=N)N)C(F)F)c1cc(NC(=O)c2ncc(OCF)nc2N)ccc1F. The van der Waals surface area contributed by atoms with Crippen molar-refractivity contribution in [2.24, 2.45) is 5.73 Å². The third-order valence-electron chi connectivity index (χ3n) is 3.80. The third kappa shape index (κ3) is 6.29. The Kier molecular flexibility index (Phi) is 7.71. The van der Waals surface area contributed by atoms with E-state index in [1.165, 1.54) is 19.1 Å². The second-order valence-electron chi connectivity index (χ2n) is 6.01. The Labute approximate surface area is 173 Å². The lowest BCUT2D eigenvalue weighted by Crippen LogP contribution is -2.18. The molecule has 0 unspecified atom stereocenters. The molecule has 13 heteroatoms. The lowest BCUT2D eigenvalue weighted by Gasteiger charge is -2.14. The number of hydrogen-bond acceptors (Lipinski definition) is 7. The molecule has 1 aromatic carbocycles. The molecule has 0 spiro atoms. The molecule has 166 valence electrons. The van der Waals surface area contributed by atoms with E-state index in [1.807, 2.05) is 0 Å². The number of rotatable bonds is 8. The van der Waals surface area contributed by atoms with Crippen LogP contribution in [0.15, 0.2) is 36.2 Å². The maximum absolute atomic E-state index is 14.3. The van der Waals surface area contributed by atoms with Crippen molar-refractivity contribution in [1.82, 2.24) is 9.97 Å². The highest BCUT2D eigenvalue weighted by molar-refractivity contribution is 6.05. The molecule has 1 atom stereocenters. The van der Waals surface area contributed by atoms with Crippen LogP contribution in [0.1, 0.15) is 28.9 Å². The summed E-state index contributed by atoms with van der Waals surface area (Å²) in [5, 5.41) is 9.39. The maximum atomic E-state index is 14.3. The number of nitrogens with one attached hydrogen (secondary N) is 2. The van der Waals surface area contributed by atoms with Gasteiger partial charge >= 0.3 is 0 Å². The summed E-state index contributed by atoms with van der Waals surface area (Å²) in [5.41, 5.74) is 10.4. The fraction of sp³-hybridized carbons (Fsp3) is 0.222. The van der Waals surface area contributed by atoms with E-state index in [1.54, 1.807) is 0 Å². The van der Waals surface area contributed by atoms with E-state index in [0.29, 0.717) is 0 Å². The predicted octanol–water partition coefficient (Wildman–Crippen LogP) is 2.92. The molecule has 1 heterocycles. The number of allylic oxidation sites excluding steroid dienone is 2. The number of amides is 1. The third-order valence-corrected chi connectivity index (χ3v) is 3.80. The van der Waals surface area contributed by atoms with E-state index in [-0.39, 0.29) is 28.6 Å². The molecule has 0 radical (unpaired) electrons. The predicted molar refractivity (Wildman–Crippen MR) is 103 cm³/mol. The highest BCUT2D eigenvalue weighted by Gasteiger charge is 2.20. The average Bonchev–Trinajstić information content (AvgIpc) is 2.68. The molecule has 0 aliphatic carbocycles. The Hall–Kier alpha value is -3.90. The quantitative estimate of drug-likeness (QED) is 0.212. The highest BCUT2D eigenvalue weighted by atomic mass is 19.3. The number of nitrogens with two attached hydrogens (primary N) is 2. The molecule has 1 amide bonds. The van der Waals surface area contributed by atoms with Crippen molar-refractivity contribution in [2.45, 2.75) is 19.3 Å². The summed E-state index contributed by atoms with van der Waals surface area (Å²) in [5.74, 6) is -3.92. The molecule has 0 saturated heterocycles. The molecule has 0 fully saturated rings. The number of nitrogen functional groups attached to an aromatic ring is 1. The second-order valence-corrected chi connectivity index (χ2v) is 6.01. The topological polar surface area (TPSA) is 149 Å². The molecule has 0 aliphatic rings. The molecule has 31 heavy (non-hydrogen) atoms. The average molecular weight is 442 g/mol. The number of alkyl halides is 3. The summed E-state index contributed by atoms with van der Waals surface area (Å²) >= 11 is 0. The number of benzene rings is 1. The number of ether oxygens (including phenoxy) is 2. The van der Waals surface area contributed by atoms with E-state index < -0.39 is 42.7 Å². The molecule has 6 N–H and O–H groups in total. The van der Waals surface area contributed by atoms with Crippen molar-refractivity contribution in [3.63, 3.8) is 0 Å². The van der Waals surface area contributed by atoms with Gasteiger partial charge < -0.3 is 26.3 Å². The van der Waals surface area contributed by atoms with Crippen molar-refractivity contribution >= 4 is 23.4 Å². The van der Waals surface area contributed by atoms with Crippen molar-refractivity contribution < 1.29 is 31.8 Å². The van der Waals surface area contributed by atoms with Gasteiger partial charge in [-0.15, -0.1) is 0 Å². The summed E-state index contributed by atoms with van der Waals surface area (Å²) < 4.78 is 61.4. The fourth-order valence-corrected chi connectivity index (χ4v) is 2.46. The number of amidine groups is 1. The van der Waals surface area contributed by atoms with E-state index in [0.717, 1.165) is 18.3 Å². The van der Waals surface area contributed by atoms with Crippen LogP contribution in [0.4, 0.5) is 29.1 Å². The van der Waals surface area contributed by atoms with Crippen LogP contribution in [0.5, 0.6) is 5.88 Å². The first-order valence-corrected chi connectivity index (χ1v) is 8.56. The van der Waals surface area contributed by atoms with Gasteiger partial charge in [0.25, 0.3) is 18.4 Å². The minimum absolute atomic E-state index is 0.0474. The minimum Gasteiger partial charge on any atom is -0.445 e. The summed E-state index contributed by atoms with van der Waals surface area (Å²) in [6.45, 7) is 0.248. The second kappa shape index (κ2) is 10.2. The van der Waals surface area contributed by atoms with Crippen LogP contribution in [-0.4, -0.2) is 35.2 Å². The Morgan fingerprint density at radius 2 is 2.10 bits per heavy atom. The highest BCUT2D eigenvalue weighted by Crippen LogP contribution is 2.27. The van der Waals surface area contributed by atoms with Gasteiger partial charge in [0.05, 0.1) is 6.20 Å². The van der Waals surface area contributed by atoms with Crippen molar-refractivity contribution in [1.29, 1.82) is 5.41 Å². The van der Waals surface area contributed by atoms with E-state index in [9.17, 15) is 22.4 Å². The Morgan fingerprint density at radius 3 is 2.68 bits per heavy atom. The van der Waals surface area contributed by atoms with Crippen LogP contribution in [0.25, 0.3) is 0 Å². The maximum Gasteiger partial charge on any atom is 0.295 e. The monoisotopic (exact) mass is 442 g/mol. The zero-order chi connectivity index (χ0) is 23.1. The van der Waals surface area contributed by atoms with Gasteiger partial charge in [0.1, 0.15) is 5.82 Å². The fourth-order valence-electron chi connectivity index (χ4n) is 2.46. The van der Waals surface area contributed by atoms with Gasteiger partial charge in [0.15, 0.2) is 17.3 Å². The van der Waals surface area contributed by atoms with E-state index >= 15 is 0 Å². The molecule has 2 aromatic rings. The van der Waals surface area contributed by atoms with Crippen molar-refractivity contribution in [3.05, 3.63) is 53.3 Å². The summed E-state index contributed by atoms with van der Waals surface area (Å²) in [7, 11) is 0. The van der Waals surface area contributed by atoms with Gasteiger partial charge in [-0.3, -0.25) is 10.2 Å². The number of carbonyl (C=O) groups excluding carboxylic acids is 1. The summed E-state index contributed by atoms with van der Waals surface area (Å²) in [4.78, 5) is 19.8. The summed E-state index contributed by atoms with van der Waals surface area (Å²) in [6.07, 6.45) is -1.18. The number of nitrogens with zero attached hydrogens (tertiary/aromatic N) is 2. The van der Waals surface area contributed by atoms with Crippen LogP contribution in [0, 0.1) is 11.2 Å². The number of aromatic nitrogens is 2. The molecule has 0 aliphatic heterocycles. The van der Waals surface area contributed by atoms with Crippen molar-refractivity contribution in [3.8, 4) is 5.88 Å². The molecule has 0 bridgehead atoms. The minimum atomic E-state index is -3.08. The lowest BCUT2D eigenvalue weighted by molar-refractivity contribution is 0.102. The largest absolute Gasteiger partial charge is 0.445 e. The lowest BCUT2D eigenvalue weighted by atomic mass is 9.99. The Bertz CT molecular complexity index is 1000. The van der Waals surface area contributed by atoms with Gasteiger partial charge in [0, 0.05) is 11.6 Å². The Balaban J connectivity index is 2.26. The number of halogens is 4. The van der Waals surface area contributed by atoms with E-state index in [4.69, 9.17) is 16.9 Å². The molecular weight excluding hydrogens is 424 g/mol. The first kappa shape index (κ1) is 23.4. The van der Waals surface area contributed by atoms with Crippen LogP contribution < -0.4 is 21.5 Å². The normalized spacial score (nSPS) is 12.4. The molecular formula is C18H18F4N6O3. The number of carbonyl (C=O) groups is 1. The summed E-state index contributed by atoms with van der Waals surface area (Å²) in [6, 6.07) is 2.53.